The molecule has 1 saturated heterocycles. The predicted molar refractivity (Wildman–Crippen MR) is 90.2 cm³/mol. The zero-order valence-electron chi connectivity index (χ0n) is 12.6. The zero-order chi connectivity index (χ0) is 16.1. The first kappa shape index (κ1) is 15.2. The summed E-state index contributed by atoms with van der Waals surface area (Å²) in [4.78, 5) is 13.5. The summed E-state index contributed by atoms with van der Waals surface area (Å²) in [5.41, 5.74) is 8.52. The molecule has 1 unspecified atom stereocenters. The van der Waals surface area contributed by atoms with Gasteiger partial charge in [-0.25, -0.2) is 23.4 Å². The number of anilines is 1. The minimum atomic E-state index is -3.00. The molecule has 2 aliphatic rings. The first-order chi connectivity index (χ1) is 11.0. The number of nitrogens with zero attached hydrogens (tertiary/aromatic N) is 3. The maximum Gasteiger partial charge on any atom is 0.156 e. The molecular formula is C14H19N5O2S2. The number of sulfone groups is 1. The largest absolute Gasteiger partial charge is 0.368 e. The molecule has 3 N–H and O–H groups in total. The second-order valence-corrected chi connectivity index (χ2v) is 9.98. The predicted octanol–water partition coefficient (Wildman–Crippen LogP) is 1.18. The van der Waals surface area contributed by atoms with Gasteiger partial charge in [-0.1, -0.05) is 0 Å². The maximum absolute atomic E-state index is 12.4. The van der Waals surface area contributed by atoms with E-state index >= 15 is 0 Å². The highest BCUT2D eigenvalue weighted by atomic mass is 32.2. The molecule has 124 valence electrons. The third kappa shape index (κ3) is 2.50. The third-order valence-electron chi connectivity index (χ3n) is 5.07. The summed E-state index contributed by atoms with van der Waals surface area (Å²) in [5.74, 6) is 1.29. The van der Waals surface area contributed by atoms with E-state index in [-0.39, 0.29) is 11.8 Å². The molecule has 0 bridgehead atoms. The normalized spacial score (nSPS) is 32.7. The monoisotopic (exact) mass is 353 g/mol. The van der Waals surface area contributed by atoms with Gasteiger partial charge in [-0.15, -0.1) is 11.3 Å². The Morgan fingerprint density at radius 1 is 1.30 bits per heavy atom. The second kappa shape index (κ2) is 5.35. The molecule has 1 atom stereocenters. The van der Waals surface area contributed by atoms with E-state index in [0.717, 1.165) is 16.2 Å². The van der Waals surface area contributed by atoms with E-state index < -0.39 is 14.6 Å². The van der Waals surface area contributed by atoms with E-state index in [1.165, 1.54) is 17.7 Å². The lowest BCUT2D eigenvalue weighted by atomic mass is 9.70. The van der Waals surface area contributed by atoms with Crippen LogP contribution >= 0.6 is 11.3 Å². The molecular weight excluding hydrogens is 334 g/mol. The fourth-order valence-electron chi connectivity index (χ4n) is 3.85. The van der Waals surface area contributed by atoms with Gasteiger partial charge in [-0.05, 0) is 31.6 Å². The third-order valence-corrected chi connectivity index (χ3v) is 8.39. The van der Waals surface area contributed by atoms with Gasteiger partial charge in [-0.3, -0.25) is 0 Å². The lowest BCUT2D eigenvalue weighted by Crippen LogP contribution is -2.58. The summed E-state index contributed by atoms with van der Waals surface area (Å²) < 4.78 is 24.2. The fourth-order valence-corrected chi connectivity index (χ4v) is 6.97. The molecule has 2 aromatic rings. The Morgan fingerprint density at radius 2 is 2.13 bits per heavy atom. The van der Waals surface area contributed by atoms with Crippen LogP contribution in [0.3, 0.4) is 0 Å². The Labute approximate surface area is 138 Å². The number of rotatable bonds is 3. The second-order valence-electron chi connectivity index (χ2n) is 6.64. The number of nitrogens with two attached hydrogens (primary N) is 1. The molecule has 2 fully saturated rings. The van der Waals surface area contributed by atoms with Gasteiger partial charge < -0.3 is 11.1 Å². The van der Waals surface area contributed by atoms with Gasteiger partial charge >= 0.3 is 0 Å². The Bertz CT molecular complexity index is 829. The van der Waals surface area contributed by atoms with Crippen molar-refractivity contribution >= 4 is 37.3 Å². The number of aromatic nitrogens is 3. The summed E-state index contributed by atoms with van der Waals surface area (Å²) in [5, 5.41) is 3.30. The minimum Gasteiger partial charge on any atom is -0.368 e. The summed E-state index contributed by atoms with van der Waals surface area (Å²) in [6, 6.07) is 0.0175. The van der Waals surface area contributed by atoms with Crippen molar-refractivity contribution in [1.82, 2.24) is 15.0 Å². The van der Waals surface area contributed by atoms with Gasteiger partial charge in [0.1, 0.15) is 16.7 Å². The number of fused-ring (bicyclic) bond motifs is 1. The Kier molecular flexibility index (Phi) is 3.54. The zero-order valence-corrected chi connectivity index (χ0v) is 14.2. The number of hydrogen-bond donors (Lipinski definition) is 2. The number of hydrogen-bond acceptors (Lipinski definition) is 8. The summed E-state index contributed by atoms with van der Waals surface area (Å²) in [6.45, 7) is 0.705. The Morgan fingerprint density at radius 3 is 2.96 bits per heavy atom. The highest BCUT2D eigenvalue weighted by molar-refractivity contribution is 7.92. The highest BCUT2D eigenvalue weighted by Crippen LogP contribution is 2.49. The van der Waals surface area contributed by atoms with Gasteiger partial charge in [0.25, 0.3) is 0 Å². The smallest absolute Gasteiger partial charge is 0.156 e. The van der Waals surface area contributed by atoms with Gasteiger partial charge in [0.05, 0.1) is 16.0 Å². The van der Waals surface area contributed by atoms with Crippen LogP contribution in [-0.2, 0) is 9.84 Å². The average Bonchev–Trinajstić information content (AvgIpc) is 2.95. The molecule has 1 saturated carbocycles. The van der Waals surface area contributed by atoms with Crippen LogP contribution in [0.25, 0.3) is 10.3 Å². The fraction of sp³-hybridized carbons (Fsp3) is 0.643. The van der Waals surface area contributed by atoms with Crippen molar-refractivity contribution in [3.8, 4) is 0 Å². The molecule has 7 nitrogen and oxygen atoms in total. The van der Waals surface area contributed by atoms with Crippen molar-refractivity contribution in [2.45, 2.75) is 36.5 Å². The summed E-state index contributed by atoms with van der Waals surface area (Å²) >= 11 is 1.48. The van der Waals surface area contributed by atoms with Crippen molar-refractivity contribution in [1.29, 1.82) is 0 Å². The molecule has 0 aromatic carbocycles. The topological polar surface area (TPSA) is 111 Å². The summed E-state index contributed by atoms with van der Waals surface area (Å²) in [6.07, 6.45) is 4.11. The van der Waals surface area contributed by atoms with Crippen LogP contribution in [0.4, 0.5) is 5.82 Å². The minimum absolute atomic E-state index is 0.0175. The van der Waals surface area contributed by atoms with Crippen molar-refractivity contribution in [3.63, 3.8) is 0 Å². The van der Waals surface area contributed by atoms with Crippen molar-refractivity contribution in [3.05, 3.63) is 11.8 Å². The maximum atomic E-state index is 12.4. The van der Waals surface area contributed by atoms with Crippen LogP contribution in [0.2, 0.25) is 0 Å². The van der Waals surface area contributed by atoms with Crippen LogP contribution in [0.5, 0.6) is 0 Å². The lowest BCUT2D eigenvalue weighted by molar-refractivity contribution is 0.197. The van der Waals surface area contributed by atoms with Gasteiger partial charge in [0, 0.05) is 12.6 Å². The molecule has 23 heavy (non-hydrogen) atoms. The van der Waals surface area contributed by atoms with Crippen molar-refractivity contribution < 1.29 is 8.42 Å². The van der Waals surface area contributed by atoms with E-state index in [9.17, 15) is 8.42 Å². The number of nitrogens with one attached hydrogen (secondary N) is 1. The van der Waals surface area contributed by atoms with Crippen LogP contribution < -0.4 is 11.1 Å². The van der Waals surface area contributed by atoms with Gasteiger partial charge in [0.15, 0.2) is 15.7 Å². The average molecular weight is 353 g/mol. The standard InChI is InChI=1S/C14H19N5O2S2/c15-10-1-2-23(20,21)14(5-10)3-9(4-14)6-16-12-11-13(18-7-17-12)22-8-19-11/h7-10H,1-6,15H2,(H,16,17,18). The molecule has 9 heteroatoms. The SMILES string of the molecule is NC1CCS(=O)(=O)C2(C1)CC(CNc1ncnc3scnc13)C2. The first-order valence-electron chi connectivity index (χ1n) is 7.75. The summed E-state index contributed by atoms with van der Waals surface area (Å²) in [7, 11) is -3.00. The van der Waals surface area contributed by atoms with Crippen molar-refractivity contribution in [2.24, 2.45) is 11.7 Å². The lowest BCUT2D eigenvalue weighted by Gasteiger charge is -2.50. The quantitative estimate of drug-likeness (QED) is 0.852. The molecule has 0 amide bonds. The van der Waals surface area contributed by atoms with Crippen LogP contribution in [0.1, 0.15) is 25.7 Å². The molecule has 3 heterocycles. The van der Waals surface area contributed by atoms with E-state index in [4.69, 9.17) is 5.73 Å². The van der Waals surface area contributed by atoms with Gasteiger partial charge in [-0.2, -0.15) is 0 Å². The number of thiazole rings is 1. The van der Waals surface area contributed by atoms with E-state index in [0.29, 0.717) is 38.1 Å². The van der Waals surface area contributed by atoms with Crippen LogP contribution in [0.15, 0.2) is 11.8 Å². The molecule has 4 rings (SSSR count). The molecule has 1 aliphatic carbocycles. The highest BCUT2D eigenvalue weighted by Gasteiger charge is 2.55. The van der Waals surface area contributed by atoms with Crippen molar-refractivity contribution in [2.75, 3.05) is 17.6 Å². The Hall–Kier alpha value is -1.32. The van der Waals surface area contributed by atoms with E-state index in [1.807, 2.05) is 0 Å². The molecule has 1 aliphatic heterocycles. The van der Waals surface area contributed by atoms with Crippen LogP contribution in [0, 0.1) is 5.92 Å². The molecule has 2 aromatic heterocycles. The molecule has 1 spiro atoms. The molecule has 0 radical (unpaired) electrons. The Balaban J connectivity index is 1.42. The van der Waals surface area contributed by atoms with Gasteiger partial charge in [0.2, 0.25) is 0 Å². The van der Waals surface area contributed by atoms with E-state index in [1.54, 1.807) is 5.51 Å². The first-order valence-corrected chi connectivity index (χ1v) is 10.3. The van der Waals surface area contributed by atoms with Crippen LogP contribution in [-0.4, -0.2) is 46.5 Å². The van der Waals surface area contributed by atoms with E-state index in [2.05, 4.69) is 20.3 Å².